The summed E-state index contributed by atoms with van der Waals surface area (Å²) < 4.78 is 0. The molecular weight excluding hydrogens is 228 g/mol. The van der Waals surface area contributed by atoms with Crippen LogP contribution in [-0.4, -0.2) is 41.3 Å². The lowest BCUT2D eigenvalue weighted by Crippen LogP contribution is -2.50. The number of aliphatic hydroxyl groups is 1. The molecular formula is C14H26N2O2. The number of amides is 2. The van der Waals surface area contributed by atoms with Crippen LogP contribution in [0.25, 0.3) is 0 Å². The standard InChI is InChI=1S/C14H26N2O2/c1-10(12-4-3-5-12)15-14(18)16-8-6-13(7-9-16)11(2)17/h10-13,17H,3-9H2,1-2H3,(H,15,18). The molecule has 1 saturated carbocycles. The first-order valence-corrected chi connectivity index (χ1v) is 7.31. The van der Waals surface area contributed by atoms with Crippen LogP contribution in [0.4, 0.5) is 4.79 Å². The Kier molecular flexibility index (Phi) is 4.49. The van der Waals surface area contributed by atoms with Crippen molar-refractivity contribution >= 4 is 6.03 Å². The van der Waals surface area contributed by atoms with Crippen LogP contribution < -0.4 is 5.32 Å². The minimum absolute atomic E-state index is 0.0819. The van der Waals surface area contributed by atoms with Crippen molar-refractivity contribution in [2.45, 2.75) is 58.1 Å². The summed E-state index contributed by atoms with van der Waals surface area (Å²) in [6.45, 7) is 5.51. The van der Waals surface area contributed by atoms with E-state index in [9.17, 15) is 9.90 Å². The summed E-state index contributed by atoms with van der Waals surface area (Å²) in [6, 6.07) is 0.388. The number of hydrogen-bond donors (Lipinski definition) is 2. The fourth-order valence-electron chi connectivity index (χ4n) is 2.93. The highest BCUT2D eigenvalue weighted by Gasteiger charge is 2.29. The molecule has 0 aromatic heterocycles. The van der Waals surface area contributed by atoms with Crippen LogP contribution in [0.1, 0.15) is 46.0 Å². The van der Waals surface area contributed by atoms with Crippen molar-refractivity contribution in [3.63, 3.8) is 0 Å². The van der Waals surface area contributed by atoms with Crippen molar-refractivity contribution in [2.24, 2.45) is 11.8 Å². The molecule has 4 nitrogen and oxygen atoms in total. The van der Waals surface area contributed by atoms with Gasteiger partial charge in [0.25, 0.3) is 0 Å². The second-order valence-corrected chi connectivity index (χ2v) is 5.99. The van der Waals surface area contributed by atoms with Gasteiger partial charge >= 0.3 is 6.03 Å². The van der Waals surface area contributed by atoms with Gasteiger partial charge in [0, 0.05) is 19.1 Å². The predicted molar refractivity (Wildman–Crippen MR) is 71.3 cm³/mol. The molecule has 1 aliphatic heterocycles. The molecule has 0 spiro atoms. The normalized spacial score (nSPS) is 25.4. The predicted octanol–water partition coefficient (Wildman–Crippen LogP) is 1.98. The van der Waals surface area contributed by atoms with Gasteiger partial charge in [0.1, 0.15) is 0 Å². The third kappa shape index (κ3) is 3.16. The fraction of sp³-hybridized carbons (Fsp3) is 0.929. The molecule has 0 aromatic carbocycles. The SMILES string of the molecule is CC(O)C1CCN(C(=O)NC(C)C2CCC2)CC1. The number of rotatable bonds is 3. The first-order chi connectivity index (χ1) is 8.58. The molecule has 0 radical (unpaired) electrons. The Bertz CT molecular complexity index is 282. The number of likely N-dealkylation sites (tertiary alicyclic amines) is 1. The smallest absolute Gasteiger partial charge is 0.317 e. The van der Waals surface area contributed by atoms with Crippen molar-refractivity contribution < 1.29 is 9.90 Å². The molecule has 2 amide bonds. The van der Waals surface area contributed by atoms with E-state index in [1.807, 2.05) is 11.8 Å². The first-order valence-electron chi connectivity index (χ1n) is 7.31. The summed E-state index contributed by atoms with van der Waals surface area (Å²) in [5.74, 6) is 1.04. The molecule has 2 aliphatic rings. The molecule has 2 rings (SSSR count). The first kappa shape index (κ1) is 13.7. The Morgan fingerprint density at radius 1 is 1.17 bits per heavy atom. The van der Waals surface area contributed by atoms with E-state index in [4.69, 9.17) is 0 Å². The highest BCUT2D eigenvalue weighted by atomic mass is 16.3. The van der Waals surface area contributed by atoms with Crippen molar-refractivity contribution in [3.05, 3.63) is 0 Å². The van der Waals surface area contributed by atoms with Crippen LogP contribution in [0, 0.1) is 11.8 Å². The van der Waals surface area contributed by atoms with Crippen molar-refractivity contribution in [3.8, 4) is 0 Å². The lowest BCUT2D eigenvalue weighted by atomic mass is 9.80. The zero-order valence-corrected chi connectivity index (χ0v) is 11.6. The van der Waals surface area contributed by atoms with Gasteiger partial charge in [0.15, 0.2) is 0 Å². The Labute approximate surface area is 110 Å². The third-order valence-electron chi connectivity index (χ3n) is 4.72. The maximum atomic E-state index is 12.1. The van der Waals surface area contributed by atoms with E-state index in [0.29, 0.717) is 17.9 Å². The molecule has 0 aromatic rings. The monoisotopic (exact) mass is 254 g/mol. The van der Waals surface area contributed by atoms with Crippen molar-refractivity contribution in [1.29, 1.82) is 0 Å². The molecule has 2 fully saturated rings. The average Bonchev–Trinajstić information content (AvgIpc) is 2.26. The Morgan fingerprint density at radius 2 is 1.78 bits per heavy atom. The molecule has 1 heterocycles. The molecule has 4 heteroatoms. The Balaban J connectivity index is 1.73. The summed E-state index contributed by atoms with van der Waals surface area (Å²) in [7, 11) is 0. The maximum Gasteiger partial charge on any atom is 0.317 e. The summed E-state index contributed by atoms with van der Waals surface area (Å²) in [4.78, 5) is 14.0. The molecule has 1 saturated heterocycles. The Morgan fingerprint density at radius 3 is 2.22 bits per heavy atom. The number of nitrogens with one attached hydrogen (secondary N) is 1. The zero-order valence-electron chi connectivity index (χ0n) is 11.6. The third-order valence-corrected chi connectivity index (χ3v) is 4.72. The Hall–Kier alpha value is -0.770. The van der Waals surface area contributed by atoms with Gasteiger partial charge in [-0.05, 0) is 51.4 Å². The molecule has 2 atom stereocenters. The lowest BCUT2D eigenvalue weighted by molar-refractivity contribution is 0.0784. The van der Waals surface area contributed by atoms with E-state index in [0.717, 1.165) is 25.9 Å². The van der Waals surface area contributed by atoms with Gasteiger partial charge in [-0.2, -0.15) is 0 Å². The van der Waals surface area contributed by atoms with E-state index in [1.54, 1.807) is 0 Å². The van der Waals surface area contributed by atoms with Crippen LogP contribution in [-0.2, 0) is 0 Å². The van der Waals surface area contributed by atoms with E-state index < -0.39 is 0 Å². The highest BCUT2D eigenvalue weighted by Crippen LogP contribution is 2.29. The van der Waals surface area contributed by atoms with E-state index >= 15 is 0 Å². The lowest BCUT2D eigenvalue weighted by Gasteiger charge is -2.36. The average molecular weight is 254 g/mol. The topological polar surface area (TPSA) is 52.6 Å². The van der Waals surface area contributed by atoms with Gasteiger partial charge in [-0.25, -0.2) is 4.79 Å². The van der Waals surface area contributed by atoms with Crippen LogP contribution >= 0.6 is 0 Å². The second kappa shape index (κ2) is 5.91. The molecule has 0 bridgehead atoms. The molecule has 18 heavy (non-hydrogen) atoms. The maximum absolute atomic E-state index is 12.1. The van der Waals surface area contributed by atoms with Gasteiger partial charge in [0.05, 0.1) is 6.10 Å². The minimum Gasteiger partial charge on any atom is -0.393 e. The van der Waals surface area contributed by atoms with E-state index in [2.05, 4.69) is 12.2 Å². The van der Waals surface area contributed by atoms with E-state index in [-0.39, 0.29) is 12.1 Å². The quantitative estimate of drug-likeness (QED) is 0.809. The number of nitrogens with zero attached hydrogens (tertiary/aromatic N) is 1. The highest BCUT2D eigenvalue weighted by molar-refractivity contribution is 5.74. The van der Waals surface area contributed by atoms with Gasteiger partial charge in [-0.15, -0.1) is 0 Å². The molecule has 2 N–H and O–H groups in total. The fourth-order valence-corrected chi connectivity index (χ4v) is 2.93. The molecule has 1 aliphatic carbocycles. The summed E-state index contributed by atoms with van der Waals surface area (Å²) in [6.07, 6.45) is 5.41. The van der Waals surface area contributed by atoms with Crippen LogP contribution in [0.15, 0.2) is 0 Å². The number of carbonyl (C=O) groups is 1. The van der Waals surface area contributed by atoms with Crippen molar-refractivity contribution in [2.75, 3.05) is 13.1 Å². The van der Waals surface area contributed by atoms with E-state index in [1.165, 1.54) is 19.3 Å². The number of piperidine rings is 1. The second-order valence-electron chi connectivity index (χ2n) is 5.99. The number of carbonyl (C=O) groups excluding carboxylic acids is 1. The van der Waals surface area contributed by atoms with Gasteiger partial charge in [0.2, 0.25) is 0 Å². The van der Waals surface area contributed by atoms with Gasteiger partial charge < -0.3 is 15.3 Å². The molecule has 2 unspecified atom stereocenters. The van der Waals surface area contributed by atoms with Crippen LogP contribution in [0.5, 0.6) is 0 Å². The van der Waals surface area contributed by atoms with Gasteiger partial charge in [-0.1, -0.05) is 6.42 Å². The summed E-state index contributed by atoms with van der Waals surface area (Å²) >= 11 is 0. The summed E-state index contributed by atoms with van der Waals surface area (Å²) in [5, 5.41) is 12.7. The van der Waals surface area contributed by atoms with Gasteiger partial charge in [-0.3, -0.25) is 0 Å². The molecule has 104 valence electrons. The van der Waals surface area contributed by atoms with Crippen LogP contribution in [0.3, 0.4) is 0 Å². The minimum atomic E-state index is -0.246. The number of urea groups is 1. The van der Waals surface area contributed by atoms with Crippen molar-refractivity contribution in [1.82, 2.24) is 10.2 Å². The largest absolute Gasteiger partial charge is 0.393 e. The zero-order chi connectivity index (χ0) is 13.1. The number of hydrogen-bond acceptors (Lipinski definition) is 2. The number of aliphatic hydroxyl groups excluding tert-OH is 1. The van der Waals surface area contributed by atoms with Crippen LogP contribution in [0.2, 0.25) is 0 Å². The summed E-state index contributed by atoms with van der Waals surface area (Å²) in [5.41, 5.74) is 0.